The van der Waals surface area contributed by atoms with Crippen LogP contribution in [-0.2, 0) is 4.74 Å². The van der Waals surface area contributed by atoms with Gasteiger partial charge in [-0.2, -0.15) is 0 Å². The molecule has 0 aliphatic heterocycles. The third-order valence-electron chi connectivity index (χ3n) is 3.64. The number of carbonyl (C=O) groups is 1. The second-order valence-electron chi connectivity index (χ2n) is 6.95. The summed E-state index contributed by atoms with van der Waals surface area (Å²) in [6.45, 7) is 4.22. The van der Waals surface area contributed by atoms with E-state index < -0.39 is 18.4 Å². The first-order valence-corrected chi connectivity index (χ1v) is 8.64. The number of benzene rings is 1. The number of fused-ring (bicyclic) bond motifs is 1. The second-order valence-corrected chi connectivity index (χ2v) is 6.95. The van der Waals surface area contributed by atoms with E-state index in [0.29, 0.717) is 28.3 Å². The zero-order valence-corrected chi connectivity index (χ0v) is 16.1. The number of carbonyl (C=O) groups excluding carboxylic acids is 1. The van der Waals surface area contributed by atoms with Crippen molar-refractivity contribution in [3.8, 4) is 17.2 Å². The molecule has 0 spiro atoms. The number of hydrogen-bond acceptors (Lipinski definition) is 7. The number of amides is 1. The number of oxazole rings is 1. The smallest absolute Gasteiger partial charge is 0.417 e. The minimum absolute atomic E-state index is 0.0356. The van der Waals surface area contributed by atoms with E-state index in [4.69, 9.17) is 13.9 Å². The molecule has 0 N–H and O–H groups in total. The van der Waals surface area contributed by atoms with Crippen LogP contribution in [0.5, 0.6) is 5.75 Å². The van der Waals surface area contributed by atoms with Gasteiger partial charge in [0.15, 0.2) is 5.58 Å². The van der Waals surface area contributed by atoms with Gasteiger partial charge in [0.2, 0.25) is 11.8 Å². The largest absolute Gasteiger partial charge is 0.497 e. The van der Waals surface area contributed by atoms with Crippen molar-refractivity contribution in [2.75, 3.05) is 25.2 Å². The maximum atomic E-state index is 12.9. The molecule has 9 heteroatoms. The number of alkyl halides is 1. The Morgan fingerprint density at radius 2 is 1.96 bits per heavy atom. The molecule has 0 unspecified atom stereocenters. The zero-order chi connectivity index (χ0) is 20.3. The summed E-state index contributed by atoms with van der Waals surface area (Å²) < 4.78 is 29.1. The summed E-state index contributed by atoms with van der Waals surface area (Å²) in [6.07, 6.45) is 2.20. The van der Waals surface area contributed by atoms with Crippen LogP contribution in [0.15, 0.2) is 35.0 Å². The standard InChI is InChI=1S/C19H21FN4O4/c1-19(2,3)28-18(25)24(8-7-20)17-21-10-12(11-22-17)16-23-14-6-5-13(26-4)9-15(14)27-16/h5-6,9-11H,7-8H2,1-4H3. The molecule has 0 bridgehead atoms. The molecule has 1 amide bonds. The fourth-order valence-electron chi connectivity index (χ4n) is 2.40. The molecule has 28 heavy (non-hydrogen) atoms. The number of ether oxygens (including phenoxy) is 2. The number of aromatic nitrogens is 3. The molecule has 3 aromatic rings. The molecule has 3 rings (SSSR count). The molecular formula is C19H21FN4O4. The summed E-state index contributed by atoms with van der Waals surface area (Å²) in [7, 11) is 1.57. The van der Waals surface area contributed by atoms with Crippen molar-refractivity contribution in [2.24, 2.45) is 0 Å². The van der Waals surface area contributed by atoms with E-state index in [1.165, 1.54) is 12.4 Å². The molecule has 8 nitrogen and oxygen atoms in total. The number of methoxy groups -OCH3 is 1. The van der Waals surface area contributed by atoms with E-state index in [0.717, 1.165) is 4.90 Å². The van der Waals surface area contributed by atoms with Crippen LogP contribution in [-0.4, -0.2) is 47.0 Å². The predicted octanol–water partition coefficient (Wildman–Crippen LogP) is 4.00. The Labute approximate surface area is 161 Å². The van der Waals surface area contributed by atoms with Gasteiger partial charge in [0.1, 0.15) is 23.5 Å². The first-order valence-electron chi connectivity index (χ1n) is 8.64. The highest BCUT2D eigenvalue weighted by atomic mass is 19.1. The third kappa shape index (κ3) is 4.36. The normalized spacial score (nSPS) is 11.5. The first kappa shape index (κ1) is 19.5. The van der Waals surface area contributed by atoms with Gasteiger partial charge in [-0.1, -0.05) is 0 Å². The Balaban J connectivity index is 1.86. The summed E-state index contributed by atoms with van der Waals surface area (Å²) >= 11 is 0. The Kier molecular flexibility index (Phi) is 5.43. The number of halogens is 1. The molecular weight excluding hydrogens is 367 g/mol. The molecule has 0 saturated heterocycles. The number of anilines is 1. The average molecular weight is 388 g/mol. The fourth-order valence-corrected chi connectivity index (χ4v) is 2.40. The molecule has 148 valence electrons. The fraction of sp³-hybridized carbons (Fsp3) is 0.368. The van der Waals surface area contributed by atoms with Crippen LogP contribution in [0.4, 0.5) is 15.1 Å². The molecule has 0 atom stereocenters. The molecule has 2 aromatic heterocycles. The number of hydrogen-bond donors (Lipinski definition) is 0. The summed E-state index contributed by atoms with van der Waals surface area (Å²) in [6, 6.07) is 5.29. The van der Waals surface area contributed by atoms with Crippen LogP contribution < -0.4 is 9.64 Å². The maximum Gasteiger partial charge on any atom is 0.417 e. The average Bonchev–Trinajstić information content (AvgIpc) is 3.08. The molecule has 1 aromatic carbocycles. The highest BCUT2D eigenvalue weighted by Gasteiger charge is 2.25. The van der Waals surface area contributed by atoms with Gasteiger partial charge in [0, 0.05) is 18.5 Å². The summed E-state index contributed by atoms with van der Waals surface area (Å²) in [5, 5.41) is 0. The Hall–Kier alpha value is -3.23. The molecule has 2 heterocycles. The first-order chi connectivity index (χ1) is 13.3. The van der Waals surface area contributed by atoms with Crippen molar-refractivity contribution in [3.63, 3.8) is 0 Å². The molecule has 0 radical (unpaired) electrons. The lowest BCUT2D eigenvalue weighted by Gasteiger charge is -2.25. The van der Waals surface area contributed by atoms with Gasteiger partial charge < -0.3 is 13.9 Å². The van der Waals surface area contributed by atoms with Crippen molar-refractivity contribution in [1.29, 1.82) is 0 Å². The van der Waals surface area contributed by atoms with Crippen molar-refractivity contribution < 1.29 is 23.1 Å². The molecule has 0 fully saturated rings. The maximum absolute atomic E-state index is 12.9. The topological polar surface area (TPSA) is 90.6 Å². The molecule has 0 aliphatic carbocycles. The summed E-state index contributed by atoms with van der Waals surface area (Å²) in [4.78, 5) is 26.0. The lowest BCUT2D eigenvalue weighted by Crippen LogP contribution is -2.39. The molecule has 0 aliphatic rings. The lowest BCUT2D eigenvalue weighted by molar-refractivity contribution is 0.0575. The number of rotatable bonds is 5. The van der Waals surface area contributed by atoms with Crippen molar-refractivity contribution >= 4 is 23.1 Å². The monoisotopic (exact) mass is 388 g/mol. The van der Waals surface area contributed by atoms with E-state index >= 15 is 0 Å². The molecule has 0 saturated carbocycles. The zero-order valence-electron chi connectivity index (χ0n) is 16.1. The Morgan fingerprint density at radius 1 is 1.25 bits per heavy atom. The van der Waals surface area contributed by atoms with Crippen LogP contribution in [0.25, 0.3) is 22.6 Å². The van der Waals surface area contributed by atoms with Crippen molar-refractivity contribution in [3.05, 3.63) is 30.6 Å². The minimum Gasteiger partial charge on any atom is -0.497 e. The highest BCUT2D eigenvalue weighted by molar-refractivity contribution is 5.85. The van der Waals surface area contributed by atoms with Crippen molar-refractivity contribution in [1.82, 2.24) is 15.0 Å². The lowest BCUT2D eigenvalue weighted by atomic mass is 10.2. The minimum atomic E-state index is -0.753. The van der Waals surface area contributed by atoms with Crippen LogP contribution in [0.1, 0.15) is 20.8 Å². The highest BCUT2D eigenvalue weighted by Crippen LogP contribution is 2.27. The van der Waals surface area contributed by atoms with Gasteiger partial charge in [-0.25, -0.2) is 29.0 Å². The van der Waals surface area contributed by atoms with Crippen LogP contribution in [0.3, 0.4) is 0 Å². The Bertz CT molecular complexity index is 966. The van der Waals surface area contributed by atoms with Gasteiger partial charge >= 0.3 is 6.09 Å². The van der Waals surface area contributed by atoms with Gasteiger partial charge in [0.05, 0.1) is 19.2 Å². The summed E-state index contributed by atoms with van der Waals surface area (Å²) in [5.41, 5.74) is 1.02. The van der Waals surface area contributed by atoms with Crippen LogP contribution in [0.2, 0.25) is 0 Å². The van der Waals surface area contributed by atoms with E-state index in [1.807, 2.05) is 0 Å². The quantitative estimate of drug-likeness (QED) is 0.652. The second kappa shape index (κ2) is 7.79. The number of nitrogens with zero attached hydrogens (tertiary/aromatic N) is 4. The van der Waals surface area contributed by atoms with Gasteiger partial charge in [0.25, 0.3) is 0 Å². The van der Waals surface area contributed by atoms with Crippen molar-refractivity contribution in [2.45, 2.75) is 26.4 Å². The van der Waals surface area contributed by atoms with E-state index in [9.17, 15) is 9.18 Å². The third-order valence-corrected chi connectivity index (χ3v) is 3.64. The SMILES string of the molecule is COc1ccc2nc(-c3cnc(N(CCF)C(=O)OC(C)(C)C)nc3)oc2c1. The van der Waals surface area contributed by atoms with E-state index in [2.05, 4.69) is 15.0 Å². The Morgan fingerprint density at radius 3 is 2.57 bits per heavy atom. The summed E-state index contributed by atoms with van der Waals surface area (Å²) in [5.74, 6) is 1.01. The van der Waals surface area contributed by atoms with Gasteiger partial charge in [-0.05, 0) is 32.9 Å². The van der Waals surface area contributed by atoms with E-state index in [-0.39, 0.29) is 12.5 Å². The van der Waals surface area contributed by atoms with Gasteiger partial charge in [-0.3, -0.25) is 0 Å². The predicted molar refractivity (Wildman–Crippen MR) is 101 cm³/mol. The van der Waals surface area contributed by atoms with Gasteiger partial charge in [-0.15, -0.1) is 0 Å². The van der Waals surface area contributed by atoms with Crippen LogP contribution in [0, 0.1) is 0 Å². The van der Waals surface area contributed by atoms with Crippen LogP contribution >= 0.6 is 0 Å². The van der Waals surface area contributed by atoms with E-state index in [1.54, 1.807) is 46.1 Å².